The summed E-state index contributed by atoms with van der Waals surface area (Å²) in [6.07, 6.45) is 1.52. The second-order valence-electron chi connectivity index (χ2n) is 6.00. The van der Waals surface area contributed by atoms with Gasteiger partial charge in [-0.3, -0.25) is 4.79 Å². The summed E-state index contributed by atoms with van der Waals surface area (Å²) in [6, 6.07) is 12.5. The third-order valence-corrected chi connectivity index (χ3v) is 3.68. The zero-order valence-corrected chi connectivity index (χ0v) is 15.2. The molecule has 0 saturated carbocycles. The van der Waals surface area contributed by atoms with E-state index in [0.717, 1.165) is 0 Å². The van der Waals surface area contributed by atoms with Crippen LogP contribution in [0.2, 0.25) is 0 Å². The number of aliphatic imine (C=N–C) groups is 1. The van der Waals surface area contributed by atoms with Crippen molar-refractivity contribution in [2.75, 3.05) is 26.2 Å². The number of carbonyl (C=O) groups is 1. The first kappa shape index (κ1) is 19.5. The fourth-order valence-corrected chi connectivity index (χ4v) is 2.29. The molecule has 140 valence electrons. The average Bonchev–Trinajstić information content (AvgIpc) is 3.19. The van der Waals surface area contributed by atoms with Crippen molar-refractivity contribution in [3.8, 4) is 0 Å². The lowest BCUT2D eigenvalue weighted by Crippen LogP contribution is -2.42. The number of nitrogens with one attached hydrogen (secondary N) is 3. The normalized spacial score (nSPS) is 13.7. The standard InChI is InChI=1S/C19H26N4O3/c1-3-20-18(23-14-19(2,25)16-10-7-13-26-16)22-12-11-21-17(24)15-8-5-4-6-9-15/h4-10,13,25H,3,11-12,14H2,1-2H3,(H,21,24)(H2,20,22,23). The van der Waals surface area contributed by atoms with Crippen LogP contribution in [-0.4, -0.2) is 43.2 Å². The topological polar surface area (TPSA) is 98.9 Å². The second kappa shape index (κ2) is 9.62. The van der Waals surface area contributed by atoms with Crippen LogP contribution >= 0.6 is 0 Å². The molecule has 26 heavy (non-hydrogen) atoms. The minimum absolute atomic E-state index is 0.116. The SMILES string of the molecule is CCNC(=NCC(C)(O)c1ccco1)NCCNC(=O)c1ccccc1. The summed E-state index contributed by atoms with van der Waals surface area (Å²) in [6.45, 7) is 5.40. The number of hydrogen-bond donors (Lipinski definition) is 4. The minimum atomic E-state index is -1.19. The van der Waals surface area contributed by atoms with Gasteiger partial charge in [0.25, 0.3) is 5.91 Å². The van der Waals surface area contributed by atoms with E-state index in [9.17, 15) is 9.90 Å². The molecule has 1 unspecified atom stereocenters. The van der Waals surface area contributed by atoms with E-state index in [0.29, 0.717) is 36.9 Å². The molecule has 2 aromatic rings. The molecule has 7 heteroatoms. The van der Waals surface area contributed by atoms with Crippen molar-refractivity contribution in [2.45, 2.75) is 19.4 Å². The number of furan rings is 1. The van der Waals surface area contributed by atoms with Crippen LogP contribution in [0.1, 0.15) is 30.0 Å². The number of hydrogen-bond acceptors (Lipinski definition) is 4. The summed E-state index contributed by atoms with van der Waals surface area (Å²) in [5.74, 6) is 0.913. The molecular formula is C19H26N4O3. The van der Waals surface area contributed by atoms with Crippen molar-refractivity contribution >= 4 is 11.9 Å². The summed E-state index contributed by atoms with van der Waals surface area (Å²) < 4.78 is 5.25. The highest BCUT2D eigenvalue weighted by molar-refractivity contribution is 5.94. The Morgan fingerprint density at radius 3 is 2.50 bits per heavy atom. The molecule has 1 aromatic carbocycles. The lowest BCUT2D eigenvalue weighted by Gasteiger charge is -2.19. The van der Waals surface area contributed by atoms with Gasteiger partial charge in [-0.25, -0.2) is 4.99 Å². The zero-order valence-electron chi connectivity index (χ0n) is 15.2. The third-order valence-electron chi connectivity index (χ3n) is 3.68. The van der Waals surface area contributed by atoms with Crippen LogP contribution in [0.25, 0.3) is 0 Å². The molecule has 0 radical (unpaired) electrons. The highest BCUT2D eigenvalue weighted by Crippen LogP contribution is 2.20. The lowest BCUT2D eigenvalue weighted by molar-refractivity contribution is 0.0437. The lowest BCUT2D eigenvalue weighted by atomic mass is 10.0. The van der Waals surface area contributed by atoms with Crippen LogP contribution in [0, 0.1) is 0 Å². The Morgan fingerprint density at radius 2 is 1.85 bits per heavy atom. The van der Waals surface area contributed by atoms with Gasteiger partial charge in [0.15, 0.2) is 5.96 Å². The van der Waals surface area contributed by atoms with Gasteiger partial charge in [0.2, 0.25) is 0 Å². The summed E-state index contributed by atoms with van der Waals surface area (Å²) in [4.78, 5) is 16.4. The maximum Gasteiger partial charge on any atom is 0.251 e. The van der Waals surface area contributed by atoms with Gasteiger partial charge in [0.1, 0.15) is 11.4 Å². The zero-order chi connectivity index (χ0) is 18.8. The van der Waals surface area contributed by atoms with Gasteiger partial charge >= 0.3 is 0 Å². The molecular weight excluding hydrogens is 332 g/mol. The van der Waals surface area contributed by atoms with Crippen molar-refractivity contribution in [1.29, 1.82) is 0 Å². The Balaban J connectivity index is 1.81. The van der Waals surface area contributed by atoms with E-state index in [1.807, 2.05) is 25.1 Å². The van der Waals surface area contributed by atoms with Gasteiger partial charge in [-0.2, -0.15) is 0 Å². The fourth-order valence-electron chi connectivity index (χ4n) is 2.29. The minimum Gasteiger partial charge on any atom is -0.466 e. The first-order valence-corrected chi connectivity index (χ1v) is 8.64. The largest absolute Gasteiger partial charge is 0.466 e. The molecule has 7 nitrogen and oxygen atoms in total. The molecule has 0 fully saturated rings. The van der Waals surface area contributed by atoms with E-state index in [1.165, 1.54) is 6.26 Å². The smallest absolute Gasteiger partial charge is 0.251 e. The molecule has 1 aromatic heterocycles. The Hall–Kier alpha value is -2.80. The van der Waals surface area contributed by atoms with Crippen molar-refractivity contribution in [2.24, 2.45) is 4.99 Å². The summed E-state index contributed by atoms with van der Waals surface area (Å²) in [5, 5.41) is 19.5. The molecule has 0 bridgehead atoms. The Bertz CT molecular complexity index is 697. The summed E-state index contributed by atoms with van der Waals surface area (Å²) >= 11 is 0. The average molecular weight is 358 g/mol. The van der Waals surface area contributed by atoms with E-state index >= 15 is 0 Å². The molecule has 0 aliphatic rings. The van der Waals surface area contributed by atoms with E-state index in [4.69, 9.17) is 4.42 Å². The predicted octanol–water partition coefficient (Wildman–Crippen LogP) is 1.47. The van der Waals surface area contributed by atoms with E-state index in [1.54, 1.807) is 31.2 Å². The van der Waals surface area contributed by atoms with Gasteiger partial charge in [0, 0.05) is 25.2 Å². The van der Waals surface area contributed by atoms with Crippen LogP contribution in [-0.2, 0) is 5.60 Å². The molecule has 4 N–H and O–H groups in total. The molecule has 0 saturated heterocycles. The molecule has 2 rings (SSSR count). The maximum absolute atomic E-state index is 12.0. The van der Waals surface area contributed by atoms with Gasteiger partial charge in [-0.15, -0.1) is 0 Å². The highest BCUT2D eigenvalue weighted by Gasteiger charge is 2.26. The number of guanidine groups is 1. The van der Waals surface area contributed by atoms with Gasteiger partial charge < -0.3 is 25.5 Å². The monoisotopic (exact) mass is 358 g/mol. The van der Waals surface area contributed by atoms with E-state index < -0.39 is 5.60 Å². The molecule has 1 atom stereocenters. The number of carbonyl (C=O) groups excluding carboxylic acids is 1. The summed E-state index contributed by atoms with van der Waals surface area (Å²) in [5.41, 5.74) is -0.560. The fraction of sp³-hybridized carbons (Fsp3) is 0.368. The first-order chi connectivity index (χ1) is 12.5. The molecule has 0 aliphatic carbocycles. The van der Waals surface area contributed by atoms with E-state index in [2.05, 4.69) is 20.9 Å². The Morgan fingerprint density at radius 1 is 1.12 bits per heavy atom. The number of rotatable bonds is 8. The van der Waals surface area contributed by atoms with Crippen LogP contribution in [0.15, 0.2) is 58.1 Å². The van der Waals surface area contributed by atoms with Gasteiger partial charge in [-0.05, 0) is 38.1 Å². The number of nitrogens with zero attached hydrogens (tertiary/aromatic N) is 1. The Labute approximate surface area is 153 Å². The first-order valence-electron chi connectivity index (χ1n) is 8.64. The van der Waals surface area contributed by atoms with Crippen molar-refractivity contribution in [1.82, 2.24) is 16.0 Å². The predicted molar refractivity (Wildman–Crippen MR) is 101 cm³/mol. The number of benzene rings is 1. The van der Waals surface area contributed by atoms with Crippen LogP contribution in [0.4, 0.5) is 0 Å². The van der Waals surface area contributed by atoms with Crippen molar-refractivity contribution in [3.63, 3.8) is 0 Å². The number of aliphatic hydroxyl groups is 1. The van der Waals surface area contributed by atoms with Crippen molar-refractivity contribution < 1.29 is 14.3 Å². The summed E-state index contributed by atoms with van der Waals surface area (Å²) in [7, 11) is 0. The molecule has 1 heterocycles. The van der Waals surface area contributed by atoms with Crippen LogP contribution in [0.5, 0.6) is 0 Å². The van der Waals surface area contributed by atoms with Crippen LogP contribution in [0.3, 0.4) is 0 Å². The number of amides is 1. The Kier molecular flexibility index (Phi) is 7.23. The second-order valence-corrected chi connectivity index (χ2v) is 6.00. The van der Waals surface area contributed by atoms with Crippen molar-refractivity contribution in [3.05, 3.63) is 60.1 Å². The highest BCUT2D eigenvalue weighted by atomic mass is 16.4. The van der Waals surface area contributed by atoms with Gasteiger partial charge in [0.05, 0.1) is 12.8 Å². The molecule has 0 spiro atoms. The molecule has 1 amide bonds. The van der Waals surface area contributed by atoms with Crippen LogP contribution < -0.4 is 16.0 Å². The van der Waals surface area contributed by atoms with E-state index in [-0.39, 0.29) is 12.5 Å². The quantitative estimate of drug-likeness (QED) is 0.325. The molecule has 0 aliphatic heterocycles. The maximum atomic E-state index is 12.0. The van der Waals surface area contributed by atoms with Gasteiger partial charge in [-0.1, -0.05) is 18.2 Å². The third kappa shape index (κ3) is 5.93.